The molecule has 2 N–H and O–H groups in total. The van der Waals surface area contributed by atoms with Crippen molar-refractivity contribution in [2.75, 3.05) is 7.11 Å². The van der Waals surface area contributed by atoms with Gasteiger partial charge in [-0.05, 0) is 24.1 Å². The molecule has 0 bridgehead atoms. The van der Waals surface area contributed by atoms with E-state index >= 15 is 0 Å². The number of benzene rings is 1. The van der Waals surface area contributed by atoms with Crippen LogP contribution in [0, 0.1) is 0 Å². The lowest BCUT2D eigenvalue weighted by molar-refractivity contribution is -0.141. The first-order valence-electron chi connectivity index (χ1n) is 6.40. The van der Waals surface area contributed by atoms with Gasteiger partial charge in [0.2, 0.25) is 5.91 Å². The highest BCUT2D eigenvalue weighted by atomic mass is 79.9. The van der Waals surface area contributed by atoms with Gasteiger partial charge in [0.05, 0.1) is 7.11 Å². The number of ether oxygens (including phenoxy) is 1. The van der Waals surface area contributed by atoms with Crippen LogP contribution in [0.1, 0.15) is 28.8 Å². The fraction of sp³-hybridized carbons (Fsp3) is 0.357. The Morgan fingerprint density at radius 1 is 1.48 bits per heavy atom. The smallest absolute Gasteiger partial charge is 0.305 e. The number of hydrogen-bond acceptors (Lipinski definition) is 4. The summed E-state index contributed by atoms with van der Waals surface area (Å²) in [5.41, 5.74) is 6.76. The number of hydrogen-bond donors (Lipinski definition) is 1. The van der Waals surface area contributed by atoms with E-state index in [1.54, 1.807) is 12.1 Å². The van der Waals surface area contributed by atoms with E-state index in [1.165, 1.54) is 12.0 Å². The summed E-state index contributed by atoms with van der Waals surface area (Å²) >= 11 is 3.39. The van der Waals surface area contributed by atoms with Crippen molar-refractivity contribution in [3.63, 3.8) is 0 Å². The summed E-state index contributed by atoms with van der Waals surface area (Å²) in [7, 11) is 1.27. The van der Waals surface area contributed by atoms with Gasteiger partial charge in [0.1, 0.15) is 6.04 Å². The number of primary amides is 1. The van der Waals surface area contributed by atoms with Crippen LogP contribution >= 0.6 is 15.9 Å². The van der Waals surface area contributed by atoms with Gasteiger partial charge in [-0.15, -0.1) is 0 Å². The summed E-state index contributed by atoms with van der Waals surface area (Å²) in [5.74, 6) is -1.32. The number of carbonyl (C=O) groups excluding carboxylic acids is 3. The van der Waals surface area contributed by atoms with E-state index in [0.29, 0.717) is 12.1 Å². The van der Waals surface area contributed by atoms with Crippen LogP contribution in [0.25, 0.3) is 0 Å². The molecule has 6 nitrogen and oxygen atoms in total. The van der Waals surface area contributed by atoms with Crippen molar-refractivity contribution < 1.29 is 19.1 Å². The number of methoxy groups -OCH3 is 1. The summed E-state index contributed by atoms with van der Waals surface area (Å²) in [6, 6.07) is 4.48. The van der Waals surface area contributed by atoms with Gasteiger partial charge in [-0.1, -0.05) is 22.0 Å². The first-order chi connectivity index (χ1) is 9.95. The van der Waals surface area contributed by atoms with Crippen LogP contribution in [0.5, 0.6) is 0 Å². The lowest BCUT2D eigenvalue weighted by atomic mass is 10.1. The molecule has 21 heavy (non-hydrogen) atoms. The lowest BCUT2D eigenvalue weighted by Gasteiger charge is -2.24. The van der Waals surface area contributed by atoms with E-state index in [2.05, 4.69) is 20.7 Å². The summed E-state index contributed by atoms with van der Waals surface area (Å²) in [6.07, 6.45) is 0.185. The van der Waals surface area contributed by atoms with E-state index in [4.69, 9.17) is 5.73 Å². The minimum Gasteiger partial charge on any atom is -0.469 e. The van der Waals surface area contributed by atoms with Crippen LogP contribution in [0.3, 0.4) is 0 Å². The largest absolute Gasteiger partial charge is 0.469 e. The maximum absolute atomic E-state index is 12.4. The molecule has 0 aliphatic carbocycles. The molecule has 1 aromatic carbocycles. The molecule has 0 fully saturated rings. The SMILES string of the molecule is COC(=O)CCC(C(N)=O)N1Cc2c(Br)cccc2C1=O. The van der Waals surface area contributed by atoms with Crippen molar-refractivity contribution in [3.8, 4) is 0 Å². The van der Waals surface area contributed by atoms with Crippen LogP contribution in [0.15, 0.2) is 22.7 Å². The van der Waals surface area contributed by atoms with Gasteiger partial charge in [-0.3, -0.25) is 14.4 Å². The maximum Gasteiger partial charge on any atom is 0.305 e. The third-order valence-electron chi connectivity index (χ3n) is 3.49. The minimum atomic E-state index is -0.823. The first-order valence-corrected chi connectivity index (χ1v) is 7.19. The van der Waals surface area contributed by atoms with E-state index in [1.807, 2.05) is 6.07 Å². The molecule has 1 aromatic rings. The Morgan fingerprint density at radius 3 is 2.76 bits per heavy atom. The van der Waals surface area contributed by atoms with Gasteiger partial charge in [-0.25, -0.2) is 0 Å². The molecule has 2 amide bonds. The number of fused-ring (bicyclic) bond motifs is 1. The van der Waals surface area contributed by atoms with Crippen molar-refractivity contribution in [2.45, 2.75) is 25.4 Å². The van der Waals surface area contributed by atoms with Crippen LogP contribution in [-0.2, 0) is 20.9 Å². The monoisotopic (exact) mass is 354 g/mol. The Bertz CT molecular complexity index is 603. The molecule has 1 heterocycles. The topological polar surface area (TPSA) is 89.7 Å². The van der Waals surface area contributed by atoms with Crippen LogP contribution in [0.2, 0.25) is 0 Å². The second-order valence-corrected chi connectivity index (χ2v) is 5.59. The molecule has 0 spiro atoms. The first kappa shape index (κ1) is 15.5. The summed E-state index contributed by atoms with van der Waals surface area (Å²) in [4.78, 5) is 36.6. The number of amides is 2. The van der Waals surface area contributed by atoms with Gasteiger partial charge in [-0.2, -0.15) is 0 Å². The van der Waals surface area contributed by atoms with Crippen molar-refractivity contribution in [1.29, 1.82) is 0 Å². The lowest BCUT2D eigenvalue weighted by Crippen LogP contribution is -2.45. The highest BCUT2D eigenvalue weighted by Gasteiger charge is 2.36. The highest BCUT2D eigenvalue weighted by Crippen LogP contribution is 2.31. The number of esters is 1. The minimum absolute atomic E-state index is 0.0331. The quantitative estimate of drug-likeness (QED) is 0.804. The van der Waals surface area contributed by atoms with Gasteiger partial charge in [0.25, 0.3) is 5.91 Å². The van der Waals surface area contributed by atoms with Gasteiger partial charge in [0, 0.05) is 23.0 Å². The van der Waals surface area contributed by atoms with Crippen molar-refractivity contribution in [2.24, 2.45) is 5.73 Å². The number of nitrogens with two attached hydrogens (primary N) is 1. The molecule has 7 heteroatoms. The third kappa shape index (κ3) is 3.07. The Balaban J connectivity index is 2.20. The average molecular weight is 355 g/mol. The zero-order valence-electron chi connectivity index (χ0n) is 11.5. The zero-order chi connectivity index (χ0) is 15.6. The molecule has 1 aliphatic heterocycles. The molecule has 1 unspecified atom stereocenters. The van der Waals surface area contributed by atoms with Crippen LogP contribution in [0.4, 0.5) is 0 Å². The van der Waals surface area contributed by atoms with Crippen molar-refractivity contribution in [1.82, 2.24) is 4.90 Å². The van der Waals surface area contributed by atoms with E-state index in [-0.39, 0.29) is 18.7 Å². The number of halogens is 1. The van der Waals surface area contributed by atoms with E-state index in [9.17, 15) is 14.4 Å². The normalized spacial score (nSPS) is 14.8. The third-order valence-corrected chi connectivity index (χ3v) is 4.24. The van der Waals surface area contributed by atoms with Crippen molar-refractivity contribution >= 4 is 33.7 Å². The van der Waals surface area contributed by atoms with Gasteiger partial charge < -0.3 is 15.4 Å². The fourth-order valence-electron chi connectivity index (χ4n) is 2.38. The van der Waals surface area contributed by atoms with Gasteiger partial charge >= 0.3 is 5.97 Å². The van der Waals surface area contributed by atoms with Crippen LogP contribution in [-0.4, -0.2) is 35.8 Å². The predicted molar refractivity (Wildman–Crippen MR) is 78.2 cm³/mol. The van der Waals surface area contributed by atoms with Crippen molar-refractivity contribution in [3.05, 3.63) is 33.8 Å². The molecule has 0 saturated carbocycles. The summed E-state index contributed by atoms with van der Waals surface area (Å²) in [5, 5.41) is 0. The molecule has 112 valence electrons. The molecular weight excluding hydrogens is 340 g/mol. The molecule has 2 rings (SSSR count). The number of carbonyl (C=O) groups is 3. The summed E-state index contributed by atoms with van der Waals surface area (Å²) < 4.78 is 5.36. The van der Waals surface area contributed by atoms with Gasteiger partial charge in [0.15, 0.2) is 0 Å². The molecule has 0 aromatic heterocycles. The molecular formula is C14H15BrN2O4. The van der Waals surface area contributed by atoms with E-state index in [0.717, 1.165) is 10.0 Å². The second kappa shape index (κ2) is 6.26. The fourth-order valence-corrected chi connectivity index (χ4v) is 2.87. The Morgan fingerprint density at radius 2 is 2.19 bits per heavy atom. The van der Waals surface area contributed by atoms with E-state index < -0.39 is 17.9 Å². The molecule has 1 aliphatic rings. The Hall–Kier alpha value is -1.89. The Kier molecular flexibility index (Phi) is 4.62. The molecule has 0 radical (unpaired) electrons. The zero-order valence-corrected chi connectivity index (χ0v) is 13.1. The molecule has 0 saturated heterocycles. The number of nitrogens with zero attached hydrogens (tertiary/aromatic N) is 1. The summed E-state index contributed by atoms with van der Waals surface area (Å²) in [6.45, 7) is 0.296. The average Bonchev–Trinajstić information content (AvgIpc) is 2.78. The standard InChI is InChI=1S/C14H15BrN2O4/c1-21-12(18)6-5-11(13(16)19)17-7-9-8(14(17)20)3-2-4-10(9)15/h2-4,11H,5-7H2,1H3,(H2,16,19). The maximum atomic E-state index is 12.4. The van der Waals surface area contributed by atoms with Crippen LogP contribution < -0.4 is 5.73 Å². The predicted octanol–water partition coefficient (Wildman–Crippen LogP) is 1.21. The number of rotatable bonds is 5. The Labute approximate surface area is 130 Å². The molecule has 1 atom stereocenters. The second-order valence-electron chi connectivity index (χ2n) is 4.73. The highest BCUT2D eigenvalue weighted by molar-refractivity contribution is 9.10.